The molecule has 4 N–H and O–H groups in total. The van der Waals surface area contributed by atoms with E-state index in [1.165, 1.54) is 4.90 Å². The molecule has 0 aliphatic heterocycles. The molecule has 0 bridgehead atoms. The number of alkyl carbamates (subject to hydrolysis) is 1. The number of amides is 4. The van der Waals surface area contributed by atoms with Gasteiger partial charge in [-0.15, -0.1) is 0 Å². The van der Waals surface area contributed by atoms with E-state index in [9.17, 15) is 24.0 Å². The van der Waals surface area contributed by atoms with Crippen LogP contribution in [0.3, 0.4) is 0 Å². The fraction of sp³-hybridized carbons (Fsp3) is 0.594. The molecule has 0 saturated carbocycles. The van der Waals surface area contributed by atoms with E-state index in [0.717, 1.165) is 37.7 Å². The lowest BCUT2D eigenvalue weighted by atomic mass is 9.99. The largest absolute Gasteiger partial charge is 0.466 e. The molecule has 2 unspecified atom stereocenters. The van der Waals surface area contributed by atoms with Crippen molar-refractivity contribution in [3.8, 4) is 0 Å². The molecule has 0 fully saturated rings. The molecule has 1 rings (SSSR count). The van der Waals surface area contributed by atoms with Gasteiger partial charge < -0.3 is 30.7 Å². The van der Waals surface area contributed by atoms with Crippen LogP contribution in [-0.2, 0) is 28.7 Å². The lowest BCUT2D eigenvalue weighted by Crippen LogP contribution is -2.54. The molecule has 0 heterocycles. The third kappa shape index (κ3) is 14.7. The number of rotatable bonds is 19. The monoisotopic (exact) mass is 602 g/mol. The highest BCUT2D eigenvalue weighted by Gasteiger charge is 2.36. The van der Waals surface area contributed by atoms with Gasteiger partial charge in [0, 0.05) is 13.1 Å². The number of carbonyl (C=O) groups is 5. The maximum absolute atomic E-state index is 14.2. The van der Waals surface area contributed by atoms with Crippen LogP contribution in [-0.4, -0.2) is 66.0 Å². The number of nitrogens with one attached hydrogen (secondary N) is 2. The first kappa shape index (κ1) is 37.1. The second kappa shape index (κ2) is 19.3. The average molecular weight is 603 g/mol. The van der Waals surface area contributed by atoms with Crippen molar-refractivity contribution in [2.45, 2.75) is 104 Å². The maximum Gasteiger partial charge on any atom is 0.408 e. The topological polar surface area (TPSA) is 157 Å². The number of unbranched alkanes of at least 4 members (excludes halogenated alkanes) is 5. The van der Waals surface area contributed by atoms with Crippen molar-refractivity contribution in [3.63, 3.8) is 0 Å². The van der Waals surface area contributed by atoms with Crippen LogP contribution in [0.1, 0.15) is 103 Å². The summed E-state index contributed by atoms with van der Waals surface area (Å²) in [5, 5.41) is 5.23. The minimum Gasteiger partial charge on any atom is -0.466 e. The van der Waals surface area contributed by atoms with Crippen LogP contribution >= 0.6 is 0 Å². The van der Waals surface area contributed by atoms with Crippen LogP contribution in [0.15, 0.2) is 30.8 Å². The van der Waals surface area contributed by atoms with Crippen LogP contribution in [0.2, 0.25) is 0 Å². The molecule has 43 heavy (non-hydrogen) atoms. The van der Waals surface area contributed by atoms with E-state index < -0.39 is 53.9 Å². The SMILES string of the molecule is C=Cc1cccc(C(C(=O)NCCC(=O)OCC)N(CCCCCCCC)C(=O)C(CC(N)=O)NC(=O)OC(C)(C)C)c1. The van der Waals surface area contributed by atoms with Gasteiger partial charge in [0.2, 0.25) is 17.7 Å². The fourth-order valence-electron chi connectivity index (χ4n) is 4.43. The maximum atomic E-state index is 14.2. The summed E-state index contributed by atoms with van der Waals surface area (Å²) in [6, 6.07) is 4.51. The molecule has 2 atom stereocenters. The van der Waals surface area contributed by atoms with E-state index in [1.807, 2.05) is 6.07 Å². The van der Waals surface area contributed by atoms with E-state index in [0.29, 0.717) is 12.0 Å². The van der Waals surface area contributed by atoms with Crippen molar-refractivity contribution in [2.24, 2.45) is 5.73 Å². The van der Waals surface area contributed by atoms with E-state index in [2.05, 4.69) is 24.1 Å². The first-order valence-electron chi connectivity index (χ1n) is 15.1. The Morgan fingerprint density at radius 2 is 1.72 bits per heavy atom. The summed E-state index contributed by atoms with van der Waals surface area (Å²) >= 11 is 0. The molecule has 0 radical (unpaired) electrons. The first-order valence-corrected chi connectivity index (χ1v) is 15.1. The Balaban J connectivity index is 3.49. The Bertz CT molecular complexity index is 1080. The van der Waals surface area contributed by atoms with Crippen LogP contribution in [0, 0.1) is 0 Å². The number of nitrogens with zero attached hydrogens (tertiary/aromatic N) is 1. The fourth-order valence-corrected chi connectivity index (χ4v) is 4.43. The molecule has 1 aromatic rings. The lowest BCUT2D eigenvalue weighted by molar-refractivity contribution is -0.144. The highest BCUT2D eigenvalue weighted by atomic mass is 16.6. The molecule has 0 aliphatic rings. The van der Waals surface area contributed by atoms with Gasteiger partial charge in [0.15, 0.2) is 0 Å². The van der Waals surface area contributed by atoms with Gasteiger partial charge in [-0.2, -0.15) is 0 Å². The van der Waals surface area contributed by atoms with Crippen LogP contribution in [0.25, 0.3) is 6.08 Å². The number of nitrogens with two attached hydrogens (primary N) is 1. The first-order chi connectivity index (χ1) is 20.3. The van der Waals surface area contributed by atoms with Crippen molar-refractivity contribution in [1.82, 2.24) is 15.5 Å². The molecule has 0 spiro atoms. The molecule has 1 aromatic carbocycles. The van der Waals surface area contributed by atoms with E-state index in [-0.39, 0.29) is 26.1 Å². The zero-order chi connectivity index (χ0) is 32.4. The highest BCUT2D eigenvalue weighted by molar-refractivity contribution is 5.94. The summed E-state index contributed by atoms with van der Waals surface area (Å²) in [6.45, 7) is 13.0. The van der Waals surface area contributed by atoms with Gasteiger partial charge in [0.1, 0.15) is 17.7 Å². The van der Waals surface area contributed by atoms with Crippen molar-refractivity contribution >= 4 is 35.9 Å². The lowest BCUT2D eigenvalue weighted by Gasteiger charge is -2.34. The Morgan fingerprint density at radius 1 is 1.05 bits per heavy atom. The zero-order valence-electron chi connectivity index (χ0n) is 26.4. The Morgan fingerprint density at radius 3 is 2.33 bits per heavy atom. The minimum atomic E-state index is -1.37. The van der Waals surface area contributed by atoms with Crippen molar-refractivity contribution < 1.29 is 33.4 Å². The number of benzene rings is 1. The van der Waals surface area contributed by atoms with E-state index in [4.69, 9.17) is 15.2 Å². The number of ether oxygens (including phenoxy) is 2. The van der Waals surface area contributed by atoms with Crippen molar-refractivity contribution in [2.75, 3.05) is 19.7 Å². The molecular weight excluding hydrogens is 552 g/mol. The summed E-state index contributed by atoms with van der Waals surface area (Å²) in [6.07, 6.45) is 5.78. The van der Waals surface area contributed by atoms with Crippen LogP contribution in [0.5, 0.6) is 0 Å². The van der Waals surface area contributed by atoms with Gasteiger partial charge in [-0.3, -0.25) is 19.2 Å². The van der Waals surface area contributed by atoms with Gasteiger partial charge in [-0.25, -0.2) is 4.79 Å². The number of carbonyl (C=O) groups excluding carboxylic acids is 5. The molecule has 0 saturated heterocycles. The van der Waals surface area contributed by atoms with E-state index >= 15 is 0 Å². The van der Waals surface area contributed by atoms with E-state index in [1.54, 1.807) is 52.0 Å². The van der Waals surface area contributed by atoms with Crippen molar-refractivity contribution in [3.05, 3.63) is 42.0 Å². The van der Waals surface area contributed by atoms with Crippen LogP contribution < -0.4 is 16.4 Å². The Kier molecular flexibility index (Phi) is 16.7. The molecule has 0 aromatic heterocycles. The average Bonchev–Trinajstić information content (AvgIpc) is 2.92. The van der Waals surface area contributed by atoms with Gasteiger partial charge in [-0.05, 0) is 51.3 Å². The predicted molar refractivity (Wildman–Crippen MR) is 166 cm³/mol. The van der Waals surface area contributed by atoms with Crippen LogP contribution in [0.4, 0.5) is 4.79 Å². The number of hydrogen-bond acceptors (Lipinski definition) is 7. The second-order valence-corrected chi connectivity index (χ2v) is 11.3. The van der Waals surface area contributed by atoms with Gasteiger partial charge in [0.25, 0.3) is 0 Å². The number of primary amides is 1. The Hall–Kier alpha value is -3.89. The third-order valence-corrected chi connectivity index (χ3v) is 6.39. The third-order valence-electron chi connectivity index (χ3n) is 6.39. The molecule has 11 nitrogen and oxygen atoms in total. The molecule has 240 valence electrons. The summed E-state index contributed by atoms with van der Waals surface area (Å²) in [4.78, 5) is 65.9. The van der Waals surface area contributed by atoms with Crippen molar-refractivity contribution in [1.29, 1.82) is 0 Å². The normalized spacial score (nSPS) is 12.4. The summed E-state index contributed by atoms with van der Waals surface area (Å²) in [5.74, 6) is -2.46. The summed E-state index contributed by atoms with van der Waals surface area (Å²) < 4.78 is 10.3. The quantitative estimate of drug-likeness (QED) is 0.156. The molecule has 11 heteroatoms. The molecule has 0 aliphatic carbocycles. The smallest absolute Gasteiger partial charge is 0.408 e. The molecular formula is C32H50N4O7. The number of hydrogen-bond donors (Lipinski definition) is 3. The van der Waals surface area contributed by atoms with Gasteiger partial charge in [0.05, 0.1) is 19.4 Å². The standard InChI is InChI=1S/C32H50N4O7/c1-7-10-11-12-13-14-20-36(30(40)25(22-26(33)37)35-31(41)43-32(4,5)6)28(24-17-15-16-23(8-2)21-24)29(39)34-19-18-27(38)42-9-3/h8,15-17,21,25,28H,2,7,9-14,18-20,22H2,1,3-6H3,(H2,33,37)(H,34,39)(H,35,41). The second-order valence-electron chi connectivity index (χ2n) is 11.3. The molecule has 4 amide bonds. The Labute approximate surface area is 255 Å². The summed E-state index contributed by atoms with van der Waals surface area (Å²) in [5.41, 5.74) is 5.85. The highest BCUT2D eigenvalue weighted by Crippen LogP contribution is 2.25. The predicted octanol–water partition coefficient (Wildman–Crippen LogP) is 4.40. The minimum absolute atomic E-state index is 0.00473. The summed E-state index contributed by atoms with van der Waals surface area (Å²) in [7, 11) is 0. The van der Waals surface area contributed by atoms with Gasteiger partial charge >= 0.3 is 12.1 Å². The number of esters is 1. The van der Waals surface area contributed by atoms with Gasteiger partial charge in [-0.1, -0.05) is 69.9 Å². The zero-order valence-corrected chi connectivity index (χ0v) is 26.4.